The minimum absolute atomic E-state index is 0.838. The Bertz CT molecular complexity index is 82.6. The molecule has 0 aromatic rings. The van der Waals surface area contributed by atoms with E-state index >= 15 is 0 Å². The van der Waals surface area contributed by atoms with E-state index in [2.05, 4.69) is 16.4 Å². The number of hydrogen-bond donors (Lipinski definition) is 1. The Hall–Kier alpha value is -0.420. The number of amides is 1. The zero-order valence-electron chi connectivity index (χ0n) is 3.45. The van der Waals surface area contributed by atoms with E-state index in [0.717, 1.165) is 11.9 Å². The highest BCUT2D eigenvalue weighted by Gasteiger charge is 2.26. The predicted molar refractivity (Wildman–Crippen MR) is 20.7 cm³/mol. The molecule has 0 fully saturated rings. The Morgan fingerprint density at radius 3 is 2.38 bits per heavy atom. The van der Waals surface area contributed by atoms with Crippen molar-refractivity contribution in [3.63, 3.8) is 0 Å². The van der Waals surface area contributed by atoms with E-state index in [1.807, 2.05) is 0 Å². The molecule has 1 radical (unpaired) electrons. The minimum atomic E-state index is -3.85. The minimum Gasteiger partial charge on any atom is -0.261 e. The van der Waals surface area contributed by atoms with E-state index in [1.54, 1.807) is 0 Å². The summed E-state index contributed by atoms with van der Waals surface area (Å²) in [5, 5.41) is 0. The number of alkyl halides is 3. The molecular formula is C2HClF2NO2. The molecule has 6 heteroatoms. The number of carbonyl (C=O) groups excluding carboxylic acids is 1. The third kappa shape index (κ3) is 5.58. The number of halogens is 3. The van der Waals surface area contributed by atoms with Crippen LogP contribution in [0, 0.1) is 0 Å². The van der Waals surface area contributed by atoms with Crippen molar-refractivity contribution in [3.05, 3.63) is 0 Å². The van der Waals surface area contributed by atoms with Crippen LogP contribution >= 0.6 is 11.6 Å². The summed E-state index contributed by atoms with van der Waals surface area (Å²) in [6, 6.07) is 0. The molecule has 0 rings (SSSR count). The van der Waals surface area contributed by atoms with Gasteiger partial charge in [-0.05, 0) is 11.6 Å². The molecule has 0 unspecified atom stereocenters. The second-order valence-electron chi connectivity index (χ2n) is 0.752. The summed E-state index contributed by atoms with van der Waals surface area (Å²) < 4.78 is 22.4. The van der Waals surface area contributed by atoms with Crippen molar-refractivity contribution in [1.29, 1.82) is 0 Å². The second kappa shape index (κ2) is 2.78. The summed E-state index contributed by atoms with van der Waals surface area (Å²) in [6.45, 7) is 0. The molecule has 0 saturated heterocycles. The monoisotopic (exact) mass is 144 g/mol. The lowest BCUT2D eigenvalue weighted by Crippen LogP contribution is -2.22. The lowest BCUT2D eigenvalue weighted by molar-refractivity contribution is -0.194. The van der Waals surface area contributed by atoms with Gasteiger partial charge in [-0.25, -0.2) is 5.48 Å². The molecule has 0 saturated carbocycles. The molecule has 3 nitrogen and oxygen atoms in total. The van der Waals surface area contributed by atoms with Crippen molar-refractivity contribution in [1.82, 2.24) is 5.48 Å². The Labute approximate surface area is 48.5 Å². The van der Waals surface area contributed by atoms with Crippen molar-refractivity contribution < 1.29 is 18.4 Å². The molecule has 0 heterocycles. The average molecular weight is 144 g/mol. The molecule has 47 valence electrons. The quantitative estimate of drug-likeness (QED) is 0.353. The first-order chi connectivity index (χ1) is 3.56. The van der Waals surface area contributed by atoms with Crippen LogP contribution in [0.4, 0.5) is 8.78 Å². The first-order valence-electron chi connectivity index (χ1n) is 1.43. The summed E-state index contributed by atoms with van der Waals surface area (Å²) in [7, 11) is 0. The average Bonchev–Trinajstić information content (AvgIpc) is 1.59. The van der Waals surface area contributed by atoms with Crippen LogP contribution in [0.2, 0.25) is 0 Å². The smallest absolute Gasteiger partial charge is 0.261 e. The van der Waals surface area contributed by atoms with Crippen LogP contribution in [0.5, 0.6) is 0 Å². The third-order valence-electron chi connectivity index (χ3n) is 0.208. The van der Waals surface area contributed by atoms with Crippen LogP contribution in [0.15, 0.2) is 0 Å². The topological polar surface area (TPSA) is 38.3 Å². The van der Waals surface area contributed by atoms with E-state index in [-0.39, 0.29) is 0 Å². The molecule has 0 spiro atoms. The van der Waals surface area contributed by atoms with Crippen molar-refractivity contribution in [3.8, 4) is 0 Å². The Morgan fingerprint density at radius 1 is 1.75 bits per heavy atom. The van der Waals surface area contributed by atoms with Gasteiger partial charge in [0.2, 0.25) is 0 Å². The number of hydroxylamine groups is 1. The summed E-state index contributed by atoms with van der Waals surface area (Å²) in [5.74, 6) is 0. The van der Waals surface area contributed by atoms with Gasteiger partial charge < -0.3 is 0 Å². The summed E-state index contributed by atoms with van der Waals surface area (Å²) in [5.41, 5.74) is -2.75. The first-order valence-corrected chi connectivity index (χ1v) is 1.81. The maximum Gasteiger partial charge on any atom is 0.461 e. The van der Waals surface area contributed by atoms with Gasteiger partial charge >= 0.3 is 12.0 Å². The first kappa shape index (κ1) is 7.58. The molecule has 0 aliphatic heterocycles. The number of nitrogens with one attached hydrogen (secondary N) is 1. The Kier molecular flexibility index (Phi) is 2.64. The molecule has 1 amide bonds. The second-order valence-corrected chi connectivity index (χ2v) is 1.19. The standard InChI is InChI=1S/C2HClF2NO2/c3-2(4,5)8-6-1-7/h(H,6,7). The highest BCUT2D eigenvalue weighted by molar-refractivity contribution is 6.20. The van der Waals surface area contributed by atoms with Gasteiger partial charge in [0.1, 0.15) is 0 Å². The molecule has 8 heavy (non-hydrogen) atoms. The number of rotatable bonds is 3. The SMILES string of the molecule is O=[C]NOC(F)(F)Cl. The molecule has 0 aromatic heterocycles. The molecule has 1 N–H and O–H groups in total. The van der Waals surface area contributed by atoms with E-state index in [0.29, 0.717) is 0 Å². The maximum atomic E-state index is 11.2. The van der Waals surface area contributed by atoms with Gasteiger partial charge in [-0.2, -0.15) is 13.6 Å². The van der Waals surface area contributed by atoms with Crippen LogP contribution in [0.25, 0.3) is 0 Å². The van der Waals surface area contributed by atoms with Gasteiger partial charge in [0, 0.05) is 0 Å². The zero-order valence-corrected chi connectivity index (χ0v) is 4.21. The van der Waals surface area contributed by atoms with Gasteiger partial charge in [0.05, 0.1) is 0 Å². The van der Waals surface area contributed by atoms with Crippen LogP contribution in [-0.2, 0) is 9.63 Å². The molecule has 0 aromatic carbocycles. The van der Waals surface area contributed by atoms with Gasteiger partial charge in [-0.3, -0.25) is 4.79 Å². The van der Waals surface area contributed by atoms with Gasteiger partial charge in [-0.1, -0.05) is 0 Å². The maximum absolute atomic E-state index is 11.2. The predicted octanol–water partition coefficient (Wildman–Crippen LogP) is 0.364. The lowest BCUT2D eigenvalue weighted by Gasteiger charge is -2.03. The molecule has 0 aliphatic carbocycles. The van der Waals surface area contributed by atoms with Crippen molar-refractivity contribution in [2.24, 2.45) is 0 Å². The zero-order chi connectivity index (χ0) is 6.62. The molecular weight excluding hydrogens is 143 g/mol. The van der Waals surface area contributed by atoms with E-state index in [1.165, 1.54) is 0 Å². The Balaban J connectivity index is 3.24. The highest BCUT2D eigenvalue weighted by atomic mass is 35.5. The van der Waals surface area contributed by atoms with Crippen LogP contribution in [0.3, 0.4) is 0 Å². The fourth-order valence-corrected chi connectivity index (χ4v) is 0.117. The van der Waals surface area contributed by atoms with Crippen molar-refractivity contribution in [2.45, 2.75) is 5.57 Å². The summed E-state index contributed by atoms with van der Waals surface area (Å²) in [6.07, 6.45) is 0.838. The highest BCUT2D eigenvalue weighted by Crippen LogP contribution is 2.17. The van der Waals surface area contributed by atoms with Crippen LogP contribution < -0.4 is 5.48 Å². The fourth-order valence-electron chi connectivity index (χ4n) is 0.0787. The summed E-state index contributed by atoms with van der Waals surface area (Å²) >= 11 is 4.11. The van der Waals surface area contributed by atoms with Gasteiger partial charge in [0.15, 0.2) is 0 Å². The van der Waals surface area contributed by atoms with Crippen molar-refractivity contribution in [2.75, 3.05) is 0 Å². The Morgan fingerprint density at radius 2 is 2.25 bits per heavy atom. The molecule has 0 aliphatic rings. The van der Waals surface area contributed by atoms with E-state index in [9.17, 15) is 8.78 Å². The van der Waals surface area contributed by atoms with Crippen LogP contribution in [-0.4, -0.2) is 12.0 Å². The number of hydrogen-bond acceptors (Lipinski definition) is 2. The van der Waals surface area contributed by atoms with E-state index in [4.69, 9.17) is 4.79 Å². The van der Waals surface area contributed by atoms with Gasteiger partial charge in [-0.15, -0.1) is 0 Å². The van der Waals surface area contributed by atoms with E-state index < -0.39 is 5.57 Å². The normalized spacial score (nSPS) is 10.9. The van der Waals surface area contributed by atoms with Gasteiger partial charge in [0.25, 0.3) is 0 Å². The largest absolute Gasteiger partial charge is 0.461 e. The molecule has 0 bridgehead atoms. The molecule has 0 atom stereocenters. The summed E-state index contributed by atoms with van der Waals surface area (Å²) in [4.78, 5) is 12.2. The fraction of sp³-hybridized carbons (Fsp3) is 0.500. The third-order valence-corrected chi connectivity index (χ3v) is 0.286. The lowest BCUT2D eigenvalue weighted by atomic mass is 11.4. The van der Waals surface area contributed by atoms with Crippen LogP contribution in [0.1, 0.15) is 0 Å². The van der Waals surface area contributed by atoms with Crippen molar-refractivity contribution >= 4 is 18.0 Å².